The third-order valence-electron chi connectivity index (χ3n) is 8.56. The molecule has 160 valence electrons. The van der Waals surface area contributed by atoms with Gasteiger partial charge in [-0.15, -0.1) is 0 Å². The summed E-state index contributed by atoms with van der Waals surface area (Å²) in [6.07, 6.45) is 7.49. The summed E-state index contributed by atoms with van der Waals surface area (Å²) in [5.41, 5.74) is 10.5. The van der Waals surface area contributed by atoms with Gasteiger partial charge in [0, 0.05) is 35.3 Å². The van der Waals surface area contributed by atoms with Crippen molar-refractivity contribution in [1.82, 2.24) is 4.90 Å². The van der Waals surface area contributed by atoms with Crippen LogP contribution >= 0.6 is 0 Å². The second-order valence-corrected chi connectivity index (χ2v) is 10.1. The standard InChI is InChI=1S/C30H30N2/c1-2-11-22(12-3-1)28-25-18-17-21-10-4-6-14-24(21)29(25)32-20-23-13-5-7-16-27(23)31-30(32)19-9-8-15-26(28)30/h1-7,10-14,16,26,28,31H,8-9,15,17-20H2. The molecule has 4 aliphatic rings. The summed E-state index contributed by atoms with van der Waals surface area (Å²) in [6.45, 7) is 1.01. The fourth-order valence-corrected chi connectivity index (χ4v) is 7.27. The maximum Gasteiger partial charge on any atom is 0.114 e. The minimum Gasteiger partial charge on any atom is -0.362 e. The Morgan fingerprint density at radius 3 is 2.47 bits per heavy atom. The lowest BCUT2D eigenvalue weighted by Crippen LogP contribution is -2.65. The fraction of sp³-hybridized carbons (Fsp3) is 0.333. The molecule has 3 aromatic rings. The number of fused-ring (bicyclic) bond motifs is 4. The van der Waals surface area contributed by atoms with Crippen LogP contribution in [0.15, 0.2) is 84.4 Å². The molecule has 2 aliphatic carbocycles. The zero-order chi connectivity index (χ0) is 21.1. The van der Waals surface area contributed by atoms with Crippen molar-refractivity contribution in [2.45, 2.75) is 56.7 Å². The monoisotopic (exact) mass is 418 g/mol. The topological polar surface area (TPSA) is 15.3 Å². The predicted molar refractivity (Wildman–Crippen MR) is 131 cm³/mol. The average Bonchev–Trinajstić information content (AvgIpc) is 2.86. The van der Waals surface area contributed by atoms with Gasteiger partial charge in [-0.3, -0.25) is 0 Å². The van der Waals surface area contributed by atoms with Gasteiger partial charge in [0.2, 0.25) is 0 Å². The summed E-state index contributed by atoms with van der Waals surface area (Å²) in [5.74, 6) is 1.09. The minimum atomic E-state index is -0.00358. The molecule has 0 amide bonds. The quantitative estimate of drug-likeness (QED) is 0.460. The van der Waals surface area contributed by atoms with E-state index in [9.17, 15) is 0 Å². The number of para-hydroxylation sites is 1. The van der Waals surface area contributed by atoms with Crippen LogP contribution in [0.25, 0.3) is 5.70 Å². The van der Waals surface area contributed by atoms with Crippen LogP contribution in [0.4, 0.5) is 5.69 Å². The zero-order valence-electron chi connectivity index (χ0n) is 18.6. The Hall–Kier alpha value is -3.00. The molecule has 0 radical (unpaired) electrons. The van der Waals surface area contributed by atoms with E-state index in [-0.39, 0.29) is 5.66 Å². The number of hydrogen-bond donors (Lipinski definition) is 1. The van der Waals surface area contributed by atoms with Gasteiger partial charge in [-0.1, -0.05) is 79.2 Å². The van der Waals surface area contributed by atoms with Crippen molar-refractivity contribution in [3.05, 3.63) is 107 Å². The van der Waals surface area contributed by atoms with Gasteiger partial charge in [-0.25, -0.2) is 0 Å². The molecule has 2 heteroatoms. The number of aryl methyl sites for hydroxylation is 1. The molecule has 2 aliphatic heterocycles. The van der Waals surface area contributed by atoms with E-state index in [4.69, 9.17) is 0 Å². The molecule has 0 saturated heterocycles. The zero-order valence-corrected chi connectivity index (χ0v) is 18.6. The number of anilines is 1. The summed E-state index contributed by atoms with van der Waals surface area (Å²) >= 11 is 0. The Kier molecular flexibility index (Phi) is 4.06. The van der Waals surface area contributed by atoms with Crippen molar-refractivity contribution in [2.24, 2.45) is 5.92 Å². The van der Waals surface area contributed by atoms with Gasteiger partial charge >= 0.3 is 0 Å². The van der Waals surface area contributed by atoms with Crippen LogP contribution in [0.3, 0.4) is 0 Å². The molecule has 0 bridgehead atoms. The van der Waals surface area contributed by atoms with Crippen LogP contribution in [-0.4, -0.2) is 10.6 Å². The third kappa shape index (κ3) is 2.53. The number of hydrogen-bond acceptors (Lipinski definition) is 2. The van der Waals surface area contributed by atoms with E-state index in [1.165, 1.54) is 65.7 Å². The number of benzene rings is 3. The summed E-state index contributed by atoms with van der Waals surface area (Å²) in [4.78, 5) is 2.81. The van der Waals surface area contributed by atoms with Gasteiger partial charge < -0.3 is 10.2 Å². The van der Waals surface area contributed by atoms with Crippen LogP contribution in [-0.2, 0) is 13.0 Å². The van der Waals surface area contributed by atoms with E-state index in [1.54, 1.807) is 5.57 Å². The minimum absolute atomic E-state index is 0.00358. The molecule has 3 aromatic carbocycles. The lowest BCUT2D eigenvalue weighted by atomic mass is 9.61. The molecule has 3 unspecified atom stereocenters. The van der Waals surface area contributed by atoms with Crippen molar-refractivity contribution in [3.63, 3.8) is 0 Å². The third-order valence-corrected chi connectivity index (χ3v) is 8.56. The van der Waals surface area contributed by atoms with Crippen molar-refractivity contribution in [3.8, 4) is 0 Å². The van der Waals surface area contributed by atoms with Gasteiger partial charge in [0.05, 0.1) is 0 Å². The Morgan fingerprint density at radius 2 is 1.56 bits per heavy atom. The Labute approximate surface area is 191 Å². The van der Waals surface area contributed by atoms with Crippen LogP contribution < -0.4 is 5.32 Å². The molecule has 32 heavy (non-hydrogen) atoms. The molecule has 2 nitrogen and oxygen atoms in total. The maximum atomic E-state index is 4.17. The van der Waals surface area contributed by atoms with E-state index >= 15 is 0 Å². The second kappa shape index (κ2) is 7.00. The fourth-order valence-electron chi connectivity index (χ4n) is 7.27. The lowest BCUT2D eigenvalue weighted by molar-refractivity contribution is 0.0328. The summed E-state index contributed by atoms with van der Waals surface area (Å²) < 4.78 is 0. The van der Waals surface area contributed by atoms with Crippen LogP contribution in [0.2, 0.25) is 0 Å². The van der Waals surface area contributed by atoms with Gasteiger partial charge in [0.1, 0.15) is 5.66 Å². The van der Waals surface area contributed by atoms with Gasteiger partial charge in [0.25, 0.3) is 0 Å². The second-order valence-electron chi connectivity index (χ2n) is 10.1. The highest BCUT2D eigenvalue weighted by Crippen LogP contribution is 2.59. The van der Waals surface area contributed by atoms with E-state index in [1.807, 2.05) is 0 Å². The highest BCUT2D eigenvalue weighted by Gasteiger charge is 2.56. The van der Waals surface area contributed by atoms with Crippen molar-refractivity contribution >= 4 is 11.4 Å². The van der Waals surface area contributed by atoms with Crippen LogP contribution in [0, 0.1) is 5.92 Å². The molecular weight excluding hydrogens is 388 g/mol. The molecule has 1 saturated carbocycles. The summed E-state index contributed by atoms with van der Waals surface area (Å²) in [7, 11) is 0. The Morgan fingerprint density at radius 1 is 0.781 bits per heavy atom. The average molecular weight is 419 g/mol. The molecule has 0 aromatic heterocycles. The van der Waals surface area contributed by atoms with E-state index in [0.29, 0.717) is 11.8 Å². The van der Waals surface area contributed by atoms with Crippen molar-refractivity contribution in [1.29, 1.82) is 0 Å². The highest BCUT2D eigenvalue weighted by molar-refractivity contribution is 5.77. The summed E-state index contributed by atoms with van der Waals surface area (Å²) in [5, 5.41) is 4.17. The maximum absolute atomic E-state index is 4.17. The first-order chi connectivity index (χ1) is 15.9. The Balaban J connectivity index is 1.52. The molecule has 1 N–H and O–H groups in total. The summed E-state index contributed by atoms with van der Waals surface area (Å²) in [6, 6.07) is 29.5. The number of nitrogens with one attached hydrogen (secondary N) is 1. The number of nitrogens with zero attached hydrogens (tertiary/aromatic N) is 1. The van der Waals surface area contributed by atoms with Crippen LogP contribution in [0.1, 0.15) is 60.3 Å². The van der Waals surface area contributed by atoms with Crippen molar-refractivity contribution in [2.75, 3.05) is 5.32 Å². The molecule has 1 spiro atoms. The van der Waals surface area contributed by atoms with E-state index < -0.39 is 0 Å². The van der Waals surface area contributed by atoms with E-state index in [0.717, 1.165) is 13.0 Å². The molecule has 7 rings (SSSR count). The van der Waals surface area contributed by atoms with Gasteiger partial charge in [0.15, 0.2) is 0 Å². The van der Waals surface area contributed by atoms with E-state index in [2.05, 4.69) is 89.1 Å². The smallest absolute Gasteiger partial charge is 0.114 e. The normalized spacial score (nSPS) is 27.9. The number of rotatable bonds is 1. The molecule has 1 fully saturated rings. The van der Waals surface area contributed by atoms with Crippen molar-refractivity contribution < 1.29 is 0 Å². The lowest BCUT2D eigenvalue weighted by Gasteiger charge is -2.62. The predicted octanol–water partition coefficient (Wildman–Crippen LogP) is 6.96. The van der Waals surface area contributed by atoms with Gasteiger partial charge in [-0.05, 0) is 60.4 Å². The first-order valence-corrected chi connectivity index (χ1v) is 12.4. The first-order valence-electron chi connectivity index (χ1n) is 12.4. The molecule has 2 heterocycles. The number of allylic oxidation sites excluding steroid dienone is 1. The highest BCUT2D eigenvalue weighted by atomic mass is 15.4. The molecule has 3 atom stereocenters. The van der Waals surface area contributed by atoms with Crippen LogP contribution in [0.5, 0.6) is 0 Å². The SMILES string of the molecule is c1ccc(C2C3=C(c4ccccc4CC3)N3Cc4ccccc4NC34CCCCC24)cc1. The largest absolute Gasteiger partial charge is 0.362 e. The Bertz CT molecular complexity index is 1210. The first kappa shape index (κ1) is 18.6. The van der Waals surface area contributed by atoms with Gasteiger partial charge in [-0.2, -0.15) is 0 Å². The molecular formula is C30H30N2.